The molecule has 6 heteroatoms. The Bertz CT molecular complexity index is 303. The Hall–Kier alpha value is -0.750. The fraction of sp³-hybridized carbons (Fsp3) is 0.846. The van der Waals surface area contributed by atoms with Crippen molar-refractivity contribution < 1.29 is 19.4 Å². The number of rotatable bonds is 7. The maximum absolute atomic E-state index is 12.0. The first kappa shape index (κ1) is 16.3. The molecule has 1 heterocycles. The van der Waals surface area contributed by atoms with Crippen molar-refractivity contribution in [3.05, 3.63) is 0 Å². The Labute approximate surface area is 118 Å². The first-order valence-corrected chi connectivity index (χ1v) is 7.86. The molecule has 1 N–H and O–H groups in total. The summed E-state index contributed by atoms with van der Waals surface area (Å²) < 4.78 is 5.59. The number of carbonyl (C=O) groups excluding carboxylic acids is 1. The van der Waals surface area contributed by atoms with E-state index in [0.717, 1.165) is 25.2 Å². The molecule has 0 bridgehead atoms. The smallest absolute Gasteiger partial charge is 0.323 e. The summed E-state index contributed by atoms with van der Waals surface area (Å²) in [6.07, 6.45) is 3.62. The highest BCUT2D eigenvalue weighted by molar-refractivity contribution is 7.99. The van der Waals surface area contributed by atoms with Gasteiger partial charge in [-0.1, -0.05) is 0 Å². The summed E-state index contributed by atoms with van der Waals surface area (Å²) in [6.45, 7) is 4.25. The standard InChI is InChI=1S/C13H23NO4S/c1-10(2)14(7-13(16)17)12(15)9-19-8-11-5-3-4-6-18-11/h10-11H,3-9H2,1-2H3,(H,16,17). The molecule has 1 rings (SSSR count). The summed E-state index contributed by atoms with van der Waals surface area (Å²) in [5.41, 5.74) is 0. The van der Waals surface area contributed by atoms with Crippen LogP contribution >= 0.6 is 11.8 Å². The number of ether oxygens (including phenoxy) is 1. The normalized spacial score (nSPS) is 19.4. The van der Waals surface area contributed by atoms with Gasteiger partial charge >= 0.3 is 5.97 Å². The molecule has 0 aromatic heterocycles. The zero-order valence-electron chi connectivity index (χ0n) is 11.6. The number of carboxylic acid groups (broad SMARTS) is 1. The highest BCUT2D eigenvalue weighted by atomic mass is 32.2. The van der Waals surface area contributed by atoms with Gasteiger partial charge < -0.3 is 14.7 Å². The Kier molecular flexibility index (Phi) is 7.23. The Balaban J connectivity index is 2.29. The minimum absolute atomic E-state index is 0.0878. The second-order valence-corrected chi connectivity index (χ2v) is 6.04. The van der Waals surface area contributed by atoms with Gasteiger partial charge in [0.25, 0.3) is 0 Å². The van der Waals surface area contributed by atoms with Crippen molar-refractivity contribution in [3.63, 3.8) is 0 Å². The van der Waals surface area contributed by atoms with E-state index in [1.165, 1.54) is 23.1 Å². The highest BCUT2D eigenvalue weighted by Gasteiger charge is 2.20. The third kappa shape index (κ3) is 6.29. The molecular formula is C13H23NO4S. The highest BCUT2D eigenvalue weighted by Crippen LogP contribution is 2.17. The molecule has 0 aromatic carbocycles. The van der Waals surface area contributed by atoms with Gasteiger partial charge in [0.05, 0.1) is 11.9 Å². The maximum atomic E-state index is 12.0. The molecule has 1 fully saturated rings. The summed E-state index contributed by atoms with van der Waals surface area (Å²) >= 11 is 1.53. The van der Waals surface area contributed by atoms with E-state index in [2.05, 4.69) is 0 Å². The van der Waals surface area contributed by atoms with Crippen LogP contribution in [-0.2, 0) is 14.3 Å². The average molecular weight is 289 g/mol. The molecule has 1 aliphatic rings. The molecule has 19 heavy (non-hydrogen) atoms. The maximum Gasteiger partial charge on any atom is 0.323 e. The molecule has 0 saturated carbocycles. The van der Waals surface area contributed by atoms with Crippen molar-refractivity contribution in [2.75, 3.05) is 24.7 Å². The average Bonchev–Trinajstić information content (AvgIpc) is 2.36. The SMILES string of the molecule is CC(C)N(CC(=O)O)C(=O)CSCC1CCCCO1. The molecule has 0 spiro atoms. The first-order chi connectivity index (χ1) is 9.00. The quantitative estimate of drug-likeness (QED) is 0.771. The summed E-state index contributed by atoms with van der Waals surface area (Å²) in [7, 11) is 0. The van der Waals surface area contributed by atoms with Gasteiger partial charge in [0, 0.05) is 18.4 Å². The van der Waals surface area contributed by atoms with E-state index in [4.69, 9.17) is 9.84 Å². The van der Waals surface area contributed by atoms with Gasteiger partial charge in [0.15, 0.2) is 0 Å². The van der Waals surface area contributed by atoms with Crippen molar-refractivity contribution in [3.8, 4) is 0 Å². The minimum Gasteiger partial charge on any atom is -0.480 e. The lowest BCUT2D eigenvalue weighted by Gasteiger charge is -2.26. The number of amides is 1. The van der Waals surface area contributed by atoms with Crippen LogP contribution in [0.25, 0.3) is 0 Å². The molecule has 1 amide bonds. The van der Waals surface area contributed by atoms with Crippen LogP contribution in [-0.4, -0.2) is 58.7 Å². The van der Waals surface area contributed by atoms with E-state index < -0.39 is 5.97 Å². The van der Waals surface area contributed by atoms with Crippen molar-refractivity contribution >= 4 is 23.6 Å². The topological polar surface area (TPSA) is 66.8 Å². The van der Waals surface area contributed by atoms with Crippen LogP contribution in [0.1, 0.15) is 33.1 Å². The Morgan fingerprint density at radius 2 is 2.16 bits per heavy atom. The number of hydrogen-bond acceptors (Lipinski definition) is 4. The largest absolute Gasteiger partial charge is 0.480 e. The van der Waals surface area contributed by atoms with Gasteiger partial charge in [-0.25, -0.2) is 0 Å². The van der Waals surface area contributed by atoms with Crippen molar-refractivity contribution in [1.82, 2.24) is 4.90 Å². The zero-order valence-corrected chi connectivity index (χ0v) is 12.4. The third-order valence-corrected chi connectivity index (χ3v) is 4.11. The number of nitrogens with zero attached hydrogens (tertiary/aromatic N) is 1. The summed E-state index contributed by atoms with van der Waals surface area (Å²) in [4.78, 5) is 24.1. The van der Waals surface area contributed by atoms with Crippen LogP contribution in [0.2, 0.25) is 0 Å². The zero-order chi connectivity index (χ0) is 14.3. The lowest BCUT2D eigenvalue weighted by atomic mass is 10.1. The predicted molar refractivity (Wildman–Crippen MR) is 75.4 cm³/mol. The minimum atomic E-state index is -0.970. The van der Waals surface area contributed by atoms with Crippen molar-refractivity contribution in [2.24, 2.45) is 0 Å². The van der Waals surface area contributed by atoms with Crippen LogP contribution in [0.3, 0.4) is 0 Å². The van der Waals surface area contributed by atoms with E-state index in [0.29, 0.717) is 5.75 Å². The van der Waals surface area contributed by atoms with E-state index >= 15 is 0 Å². The summed E-state index contributed by atoms with van der Waals surface area (Å²) in [5, 5.41) is 8.79. The molecule has 0 aliphatic carbocycles. The molecule has 1 saturated heterocycles. The molecule has 1 aliphatic heterocycles. The number of carbonyl (C=O) groups is 2. The molecule has 5 nitrogen and oxygen atoms in total. The fourth-order valence-electron chi connectivity index (χ4n) is 2.00. The summed E-state index contributed by atoms with van der Waals surface area (Å²) in [5.74, 6) is 0.0525. The second kappa shape index (κ2) is 8.43. The number of aliphatic carboxylic acids is 1. The third-order valence-electron chi connectivity index (χ3n) is 3.05. The van der Waals surface area contributed by atoms with E-state index in [1.807, 2.05) is 13.8 Å². The Morgan fingerprint density at radius 3 is 2.68 bits per heavy atom. The lowest BCUT2D eigenvalue weighted by molar-refractivity contribution is -0.144. The van der Waals surface area contributed by atoms with Gasteiger partial charge in [-0.2, -0.15) is 0 Å². The van der Waals surface area contributed by atoms with Crippen molar-refractivity contribution in [2.45, 2.75) is 45.3 Å². The summed E-state index contributed by atoms with van der Waals surface area (Å²) in [6, 6.07) is -0.0878. The van der Waals surface area contributed by atoms with Gasteiger partial charge in [0.2, 0.25) is 5.91 Å². The lowest BCUT2D eigenvalue weighted by Crippen LogP contribution is -2.41. The predicted octanol–water partition coefficient (Wildman–Crippen LogP) is 1.61. The molecule has 1 atom stereocenters. The van der Waals surface area contributed by atoms with E-state index in [-0.39, 0.29) is 24.6 Å². The van der Waals surface area contributed by atoms with Crippen LogP contribution < -0.4 is 0 Å². The van der Waals surface area contributed by atoms with Gasteiger partial charge in [-0.05, 0) is 33.1 Å². The van der Waals surface area contributed by atoms with E-state index in [1.54, 1.807) is 0 Å². The Morgan fingerprint density at radius 1 is 1.42 bits per heavy atom. The number of thioether (sulfide) groups is 1. The van der Waals surface area contributed by atoms with Crippen LogP contribution in [0.15, 0.2) is 0 Å². The second-order valence-electron chi connectivity index (χ2n) is 5.01. The van der Waals surface area contributed by atoms with Crippen LogP contribution in [0, 0.1) is 0 Å². The molecule has 110 valence electrons. The fourth-order valence-corrected chi connectivity index (χ4v) is 2.99. The number of hydrogen-bond donors (Lipinski definition) is 1. The van der Waals surface area contributed by atoms with Gasteiger partial charge in [-0.3, -0.25) is 9.59 Å². The molecule has 0 aromatic rings. The molecule has 0 radical (unpaired) electrons. The first-order valence-electron chi connectivity index (χ1n) is 6.71. The van der Waals surface area contributed by atoms with Crippen LogP contribution in [0.4, 0.5) is 0 Å². The van der Waals surface area contributed by atoms with Gasteiger partial charge in [-0.15, -0.1) is 11.8 Å². The van der Waals surface area contributed by atoms with Gasteiger partial charge in [0.1, 0.15) is 6.54 Å². The monoisotopic (exact) mass is 289 g/mol. The number of carboxylic acids is 1. The van der Waals surface area contributed by atoms with Crippen LogP contribution in [0.5, 0.6) is 0 Å². The molecular weight excluding hydrogens is 266 g/mol. The van der Waals surface area contributed by atoms with E-state index in [9.17, 15) is 9.59 Å². The molecule has 1 unspecified atom stereocenters. The van der Waals surface area contributed by atoms with Crippen molar-refractivity contribution in [1.29, 1.82) is 0 Å².